The van der Waals surface area contributed by atoms with Gasteiger partial charge in [0.05, 0.1) is 17.3 Å². The average Bonchev–Trinajstić information content (AvgIpc) is 2.73. The van der Waals surface area contributed by atoms with Crippen molar-refractivity contribution < 1.29 is 4.74 Å². The first kappa shape index (κ1) is 11.1. The summed E-state index contributed by atoms with van der Waals surface area (Å²) in [5.74, 6) is 0.926. The van der Waals surface area contributed by atoms with Crippen molar-refractivity contribution in [2.75, 3.05) is 6.61 Å². The number of rotatable bonds is 4. The number of thiazole rings is 1. The van der Waals surface area contributed by atoms with Crippen LogP contribution in [0.25, 0.3) is 11.3 Å². The second-order valence-corrected chi connectivity index (χ2v) is 4.66. The molecule has 0 aliphatic rings. The molecule has 2 nitrogen and oxygen atoms in total. The zero-order valence-electron chi connectivity index (χ0n) is 9.56. The lowest BCUT2D eigenvalue weighted by atomic mass is 10.1. The molecule has 0 bridgehead atoms. The Bertz CT molecular complexity index is 464. The number of ether oxygens (including phenoxy) is 1. The molecule has 1 aromatic carbocycles. The molecule has 1 heterocycles. The molecule has 0 unspecified atom stereocenters. The largest absolute Gasteiger partial charge is 0.493 e. The van der Waals surface area contributed by atoms with E-state index < -0.39 is 0 Å². The van der Waals surface area contributed by atoms with Crippen LogP contribution in [0.2, 0.25) is 0 Å². The zero-order chi connectivity index (χ0) is 11.4. The van der Waals surface area contributed by atoms with Crippen molar-refractivity contribution in [1.29, 1.82) is 0 Å². The van der Waals surface area contributed by atoms with Gasteiger partial charge in [0.1, 0.15) is 5.75 Å². The Morgan fingerprint density at radius 1 is 1.31 bits per heavy atom. The normalized spacial score (nSPS) is 10.4. The first-order valence-corrected chi connectivity index (χ1v) is 6.33. The van der Waals surface area contributed by atoms with Crippen molar-refractivity contribution in [1.82, 2.24) is 4.98 Å². The molecule has 0 atom stereocenters. The Labute approximate surface area is 99.9 Å². The van der Waals surface area contributed by atoms with Crippen LogP contribution in [0, 0.1) is 6.92 Å². The summed E-state index contributed by atoms with van der Waals surface area (Å²) in [5.41, 5.74) is 2.09. The summed E-state index contributed by atoms with van der Waals surface area (Å²) in [4.78, 5) is 4.49. The molecular formula is C13H15NOS. The number of para-hydroxylation sites is 1. The van der Waals surface area contributed by atoms with E-state index in [2.05, 4.69) is 23.4 Å². The molecule has 1 aromatic heterocycles. The summed E-state index contributed by atoms with van der Waals surface area (Å²) in [6.07, 6.45) is 1.02. The van der Waals surface area contributed by atoms with E-state index in [1.54, 1.807) is 11.3 Å². The molecule has 2 aromatic rings. The molecule has 0 saturated carbocycles. The Kier molecular flexibility index (Phi) is 3.57. The zero-order valence-corrected chi connectivity index (χ0v) is 10.4. The van der Waals surface area contributed by atoms with Crippen molar-refractivity contribution in [3.63, 3.8) is 0 Å². The highest BCUT2D eigenvalue weighted by Gasteiger charge is 2.07. The van der Waals surface area contributed by atoms with Crippen LogP contribution in [0.15, 0.2) is 29.6 Å². The van der Waals surface area contributed by atoms with Crippen LogP contribution < -0.4 is 4.74 Å². The van der Waals surface area contributed by atoms with E-state index >= 15 is 0 Å². The van der Waals surface area contributed by atoms with Crippen LogP contribution in [-0.2, 0) is 0 Å². The minimum absolute atomic E-state index is 0.750. The van der Waals surface area contributed by atoms with E-state index in [0.717, 1.165) is 35.0 Å². The molecule has 0 saturated heterocycles. The Morgan fingerprint density at radius 3 is 2.81 bits per heavy atom. The van der Waals surface area contributed by atoms with Gasteiger partial charge in [-0.2, -0.15) is 0 Å². The van der Waals surface area contributed by atoms with E-state index in [-0.39, 0.29) is 0 Å². The van der Waals surface area contributed by atoms with Crippen LogP contribution in [0.3, 0.4) is 0 Å². The lowest BCUT2D eigenvalue weighted by Gasteiger charge is -2.08. The van der Waals surface area contributed by atoms with Crippen LogP contribution in [0.4, 0.5) is 0 Å². The molecule has 0 aliphatic carbocycles. The van der Waals surface area contributed by atoms with Gasteiger partial charge in [0.15, 0.2) is 0 Å². The average molecular weight is 233 g/mol. The molecule has 0 N–H and O–H groups in total. The SMILES string of the molecule is CCCOc1ccccc1-c1csc(C)n1. The third kappa shape index (κ3) is 2.42. The first-order valence-electron chi connectivity index (χ1n) is 5.45. The molecule has 16 heavy (non-hydrogen) atoms. The molecule has 84 valence electrons. The number of hydrogen-bond donors (Lipinski definition) is 0. The number of nitrogens with zero attached hydrogens (tertiary/aromatic N) is 1. The van der Waals surface area contributed by atoms with Gasteiger partial charge in [0, 0.05) is 10.9 Å². The highest BCUT2D eigenvalue weighted by Crippen LogP contribution is 2.30. The van der Waals surface area contributed by atoms with E-state index in [0.29, 0.717) is 0 Å². The Morgan fingerprint density at radius 2 is 2.12 bits per heavy atom. The smallest absolute Gasteiger partial charge is 0.128 e. The van der Waals surface area contributed by atoms with E-state index in [1.165, 1.54) is 0 Å². The van der Waals surface area contributed by atoms with E-state index in [1.807, 2.05) is 25.1 Å². The van der Waals surface area contributed by atoms with E-state index in [9.17, 15) is 0 Å². The van der Waals surface area contributed by atoms with Gasteiger partial charge < -0.3 is 4.74 Å². The fraction of sp³-hybridized carbons (Fsp3) is 0.308. The maximum Gasteiger partial charge on any atom is 0.128 e. The van der Waals surface area contributed by atoms with Crippen LogP contribution in [0.5, 0.6) is 5.75 Å². The maximum atomic E-state index is 5.71. The number of aryl methyl sites for hydroxylation is 1. The van der Waals surface area contributed by atoms with Crippen molar-refractivity contribution in [2.24, 2.45) is 0 Å². The third-order valence-electron chi connectivity index (χ3n) is 2.24. The van der Waals surface area contributed by atoms with Crippen LogP contribution in [-0.4, -0.2) is 11.6 Å². The van der Waals surface area contributed by atoms with E-state index in [4.69, 9.17) is 4.74 Å². The molecule has 3 heteroatoms. The standard InChI is InChI=1S/C13H15NOS/c1-3-8-15-13-7-5-4-6-11(13)12-9-16-10(2)14-12/h4-7,9H,3,8H2,1-2H3. The molecule has 0 fully saturated rings. The molecular weight excluding hydrogens is 218 g/mol. The first-order chi connectivity index (χ1) is 7.81. The fourth-order valence-corrected chi connectivity index (χ4v) is 2.12. The highest BCUT2D eigenvalue weighted by molar-refractivity contribution is 7.09. The predicted octanol–water partition coefficient (Wildman–Crippen LogP) is 3.91. The third-order valence-corrected chi connectivity index (χ3v) is 3.02. The lowest BCUT2D eigenvalue weighted by Crippen LogP contribution is -1.96. The molecule has 0 aliphatic heterocycles. The molecule has 0 amide bonds. The summed E-state index contributed by atoms with van der Waals surface area (Å²) < 4.78 is 5.71. The molecule has 2 rings (SSSR count). The Balaban J connectivity index is 2.32. The summed E-state index contributed by atoms with van der Waals surface area (Å²) in [7, 11) is 0. The predicted molar refractivity (Wildman–Crippen MR) is 68.1 cm³/mol. The Hall–Kier alpha value is -1.35. The van der Waals surface area contributed by atoms with Gasteiger partial charge in [-0.15, -0.1) is 11.3 Å². The summed E-state index contributed by atoms with van der Waals surface area (Å²) >= 11 is 1.67. The van der Waals surface area contributed by atoms with Crippen molar-refractivity contribution >= 4 is 11.3 Å². The minimum atomic E-state index is 0.750. The van der Waals surface area contributed by atoms with Crippen LogP contribution in [0.1, 0.15) is 18.4 Å². The second kappa shape index (κ2) is 5.12. The van der Waals surface area contributed by atoms with Gasteiger partial charge in [0.2, 0.25) is 0 Å². The summed E-state index contributed by atoms with van der Waals surface area (Å²) in [6.45, 7) is 4.87. The van der Waals surface area contributed by atoms with Crippen molar-refractivity contribution in [3.05, 3.63) is 34.7 Å². The summed E-state index contributed by atoms with van der Waals surface area (Å²) in [5, 5.41) is 3.16. The monoisotopic (exact) mass is 233 g/mol. The number of aromatic nitrogens is 1. The number of benzene rings is 1. The number of hydrogen-bond acceptors (Lipinski definition) is 3. The van der Waals surface area contributed by atoms with Gasteiger partial charge in [-0.05, 0) is 25.5 Å². The summed E-state index contributed by atoms with van der Waals surface area (Å²) in [6, 6.07) is 8.07. The maximum absolute atomic E-state index is 5.71. The van der Waals surface area contributed by atoms with Crippen LogP contribution >= 0.6 is 11.3 Å². The lowest BCUT2D eigenvalue weighted by molar-refractivity contribution is 0.318. The topological polar surface area (TPSA) is 22.1 Å². The quantitative estimate of drug-likeness (QED) is 0.798. The fourth-order valence-electron chi connectivity index (χ4n) is 1.50. The highest BCUT2D eigenvalue weighted by atomic mass is 32.1. The van der Waals surface area contributed by atoms with Gasteiger partial charge in [0.25, 0.3) is 0 Å². The van der Waals surface area contributed by atoms with Crippen molar-refractivity contribution in [2.45, 2.75) is 20.3 Å². The second-order valence-electron chi connectivity index (χ2n) is 3.60. The van der Waals surface area contributed by atoms with Gasteiger partial charge in [-0.25, -0.2) is 4.98 Å². The molecule has 0 spiro atoms. The van der Waals surface area contributed by atoms with Gasteiger partial charge in [-0.3, -0.25) is 0 Å². The molecule has 0 radical (unpaired) electrons. The minimum Gasteiger partial charge on any atom is -0.493 e. The van der Waals surface area contributed by atoms with Crippen molar-refractivity contribution in [3.8, 4) is 17.0 Å². The van der Waals surface area contributed by atoms with Gasteiger partial charge >= 0.3 is 0 Å². The van der Waals surface area contributed by atoms with Gasteiger partial charge in [-0.1, -0.05) is 19.1 Å².